The van der Waals surface area contributed by atoms with Crippen LogP contribution in [0.4, 0.5) is 13.6 Å². The molecule has 2 N–H and O–H groups in total. The van der Waals surface area contributed by atoms with Crippen molar-refractivity contribution >= 4 is 17.9 Å². The van der Waals surface area contributed by atoms with Crippen LogP contribution in [0, 0.1) is 17.6 Å². The quantitative estimate of drug-likeness (QED) is 0.816. The molecule has 0 bridgehead atoms. The van der Waals surface area contributed by atoms with Gasteiger partial charge >= 0.3 is 12.0 Å². The van der Waals surface area contributed by atoms with Crippen molar-refractivity contribution in [2.75, 3.05) is 19.6 Å². The number of nitrogens with zero attached hydrogens (tertiary/aromatic N) is 2. The van der Waals surface area contributed by atoms with Crippen molar-refractivity contribution in [2.45, 2.75) is 38.3 Å². The fourth-order valence-corrected chi connectivity index (χ4v) is 3.66. The molecule has 1 aromatic rings. The van der Waals surface area contributed by atoms with Crippen molar-refractivity contribution in [1.29, 1.82) is 0 Å². The molecular formula is C19H23F2N3O4. The van der Waals surface area contributed by atoms with Crippen LogP contribution in [0.5, 0.6) is 0 Å². The lowest BCUT2D eigenvalue weighted by atomic mass is 9.97. The molecule has 0 aromatic heterocycles. The average molecular weight is 395 g/mol. The normalized spacial score (nSPS) is 20.9. The number of carbonyl (C=O) groups is 3. The molecule has 2 saturated heterocycles. The first-order valence-electron chi connectivity index (χ1n) is 9.36. The number of amides is 3. The maximum absolute atomic E-state index is 13.9. The number of likely N-dealkylation sites (tertiary alicyclic amines) is 2. The molecule has 1 aromatic carbocycles. The van der Waals surface area contributed by atoms with Crippen LogP contribution in [0.2, 0.25) is 0 Å². The zero-order chi connectivity index (χ0) is 20.3. The smallest absolute Gasteiger partial charge is 0.318 e. The maximum Gasteiger partial charge on any atom is 0.318 e. The van der Waals surface area contributed by atoms with Gasteiger partial charge in [0.15, 0.2) is 0 Å². The highest BCUT2D eigenvalue weighted by Crippen LogP contribution is 2.20. The molecule has 2 heterocycles. The summed E-state index contributed by atoms with van der Waals surface area (Å²) in [5.41, 5.74) is 0.220. The van der Waals surface area contributed by atoms with Gasteiger partial charge in [-0.2, -0.15) is 0 Å². The molecule has 3 rings (SSSR count). The monoisotopic (exact) mass is 395 g/mol. The zero-order valence-corrected chi connectivity index (χ0v) is 15.4. The second-order valence-electron chi connectivity index (χ2n) is 7.24. The number of hydrogen-bond acceptors (Lipinski definition) is 3. The minimum absolute atomic E-state index is 0.0152. The Kier molecular flexibility index (Phi) is 6.11. The number of nitrogens with one attached hydrogen (secondary N) is 1. The van der Waals surface area contributed by atoms with Crippen molar-refractivity contribution in [3.8, 4) is 0 Å². The van der Waals surface area contributed by atoms with E-state index in [0.29, 0.717) is 45.3 Å². The third-order valence-electron chi connectivity index (χ3n) is 5.34. The molecule has 1 unspecified atom stereocenters. The van der Waals surface area contributed by atoms with Crippen molar-refractivity contribution in [2.24, 2.45) is 5.92 Å². The van der Waals surface area contributed by atoms with Crippen LogP contribution >= 0.6 is 0 Å². The van der Waals surface area contributed by atoms with Crippen molar-refractivity contribution < 1.29 is 28.3 Å². The standard InChI is InChI=1S/C19H23F2N3O4/c20-14-4-3-13(15(21)10-14)11-24-7-1-2-16(17(24)25)22-19(28)23-8-5-12(6-9-23)18(26)27/h3-4,10,12,16H,1-2,5-9,11H2,(H,22,28)(H,26,27). The predicted octanol–water partition coefficient (Wildman–Crippen LogP) is 1.96. The van der Waals surface area contributed by atoms with Crippen molar-refractivity contribution in [3.05, 3.63) is 35.4 Å². The molecule has 0 aliphatic carbocycles. The van der Waals surface area contributed by atoms with Gasteiger partial charge in [-0.1, -0.05) is 6.07 Å². The summed E-state index contributed by atoms with van der Waals surface area (Å²) in [5, 5.41) is 11.7. The molecule has 152 valence electrons. The number of piperidine rings is 2. The number of carboxylic acid groups (broad SMARTS) is 1. The van der Waals surface area contributed by atoms with Crippen LogP contribution in [0.25, 0.3) is 0 Å². The number of halogens is 2. The predicted molar refractivity (Wildman–Crippen MR) is 95.3 cm³/mol. The fourth-order valence-electron chi connectivity index (χ4n) is 3.66. The summed E-state index contributed by atoms with van der Waals surface area (Å²) in [6.07, 6.45) is 1.91. The van der Waals surface area contributed by atoms with Crippen LogP contribution in [0.3, 0.4) is 0 Å². The van der Waals surface area contributed by atoms with Crippen LogP contribution in [0.15, 0.2) is 18.2 Å². The Hall–Kier alpha value is -2.71. The topological polar surface area (TPSA) is 89.9 Å². The molecule has 28 heavy (non-hydrogen) atoms. The summed E-state index contributed by atoms with van der Waals surface area (Å²) in [6.45, 7) is 1.11. The largest absolute Gasteiger partial charge is 0.481 e. The lowest BCUT2D eigenvalue weighted by molar-refractivity contribution is -0.143. The number of benzene rings is 1. The van der Waals surface area contributed by atoms with Gasteiger partial charge in [0, 0.05) is 37.8 Å². The number of aliphatic carboxylic acids is 1. The summed E-state index contributed by atoms with van der Waals surface area (Å²) in [6, 6.07) is 2.14. The summed E-state index contributed by atoms with van der Waals surface area (Å²) in [5.74, 6) is -2.99. The molecule has 2 fully saturated rings. The van der Waals surface area contributed by atoms with Gasteiger partial charge < -0.3 is 20.2 Å². The summed E-state index contributed by atoms with van der Waals surface area (Å²) >= 11 is 0. The average Bonchev–Trinajstić information content (AvgIpc) is 2.67. The maximum atomic E-state index is 13.9. The van der Waals surface area contributed by atoms with Crippen molar-refractivity contribution in [1.82, 2.24) is 15.1 Å². The van der Waals surface area contributed by atoms with Gasteiger partial charge in [-0.05, 0) is 31.7 Å². The zero-order valence-electron chi connectivity index (χ0n) is 15.4. The summed E-state index contributed by atoms with van der Waals surface area (Å²) < 4.78 is 26.9. The number of rotatable bonds is 4. The highest BCUT2D eigenvalue weighted by Gasteiger charge is 2.33. The van der Waals surface area contributed by atoms with Gasteiger partial charge in [0.05, 0.1) is 5.92 Å². The molecule has 7 nitrogen and oxygen atoms in total. The van der Waals surface area contributed by atoms with Crippen LogP contribution in [-0.2, 0) is 16.1 Å². The lowest BCUT2D eigenvalue weighted by Crippen LogP contribution is -2.55. The SMILES string of the molecule is O=C(O)C1CCN(C(=O)NC2CCCN(Cc3ccc(F)cc3F)C2=O)CC1. The Labute approximate surface area is 161 Å². The van der Waals surface area contributed by atoms with E-state index in [1.54, 1.807) is 0 Å². The number of carbonyl (C=O) groups excluding carboxylic acids is 2. The molecule has 2 aliphatic rings. The number of urea groups is 1. The number of carboxylic acids is 1. The first-order valence-corrected chi connectivity index (χ1v) is 9.36. The van der Waals surface area contributed by atoms with Gasteiger partial charge in [-0.15, -0.1) is 0 Å². The van der Waals surface area contributed by atoms with E-state index in [9.17, 15) is 23.2 Å². The highest BCUT2D eigenvalue weighted by molar-refractivity contribution is 5.87. The Morgan fingerprint density at radius 3 is 2.50 bits per heavy atom. The second-order valence-corrected chi connectivity index (χ2v) is 7.24. The van der Waals surface area contributed by atoms with Crippen LogP contribution < -0.4 is 5.32 Å². The summed E-state index contributed by atoms with van der Waals surface area (Å²) in [4.78, 5) is 39.1. The molecule has 9 heteroatoms. The Balaban J connectivity index is 1.56. The summed E-state index contributed by atoms with van der Waals surface area (Å²) in [7, 11) is 0. The van der Waals surface area contributed by atoms with Gasteiger partial charge in [-0.25, -0.2) is 13.6 Å². The van der Waals surface area contributed by atoms with E-state index < -0.39 is 35.6 Å². The van der Waals surface area contributed by atoms with Crippen LogP contribution in [-0.4, -0.2) is 58.5 Å². The molecule has 1 atom stereocenters. The van der Waals surface area contributed by atoms with Crippen LogP contribution in [0.1, 0.15) is 31.2 Å². The molecule has 0 spiro atoms. The Morgan fingerprint density at radius 1 is 1.14 bits per heavy atom. The molecule has 2 aliphatic heterocycles. The van der Waals surface area contributed by atoms with E-state index in [-0.39, 0.29) is 18.0 Å². The minimum atomic E-state index is -0.855. The van der Waals surface area contributed by atoms with Gasteiger partial charge in [-0.3, -0.25) is 9.59 Å². The lowest BCUT2D eigenvalue weighted by Gasteiger charge is -2.35. The van der Waals surface area contributed by atoms with Gasteiger partial charge in [0.25, 0.3) is 0 Å². The third-order valence-corrected chi connectivity index (χ3v) is 5.34. The third kappa shape index (κ3) is 4.58. The molecular weight excluding hydrogens is 372 g/mol. The molecule has 0 saturated carbocycles. The molecule has 3 amide bonds. The minimum Gasteiger partial charge on any atom is -0.481 e. The fraction of sp³-hybridized carbons (Fsp3) is 0.526. The first kappa shape index (κ1) is 20.0. The van der Waals surface area contributed by atoms with E-state index in [1.165, 1.54) is 15.9 Å². The Bertz CT molecular complexity index is 766. The van der Waals surface area contributed by atoms with Crippen molar-refractivity contribution in [3.63, 3.8) is 0 Å². The second kappa shape index (κ2) is 8.53. The van der Waals surface area contributed by atoms with E-state index in [2.05, 4.69) is 5.32 Å². The Morgan fingerprint density at radius 2 is 1.86 bits per heavy atom. The van der Waals surface area contributed by atoms with E-state index in [0.717, 1.165) is 12.1 Å². The van der Waals surface area contributed by atoms with E-state index in [1.807, 2.05) is 0 Å². The van der Waals surface area contributed by atoms with E-state index in [4.69, 9.17) is 5.11 Å². The highest BCUT2D eigenvalue weighted by atomic mass is 19.1. The van der Waals surface area contributed by atoms with Gasteiger partial charge in [0.2, 0.25) is 5.91 Å². The van der Waals surface area contributed by atoms with E-state index >= 15 is 0 Å². The first-order chi connectivity index (χ1) is 13.3. The number of hydrogen-bond donors (Lipinski definition) is 2. The van der Waals surface area contributed by atoms with Gasteiger partial charge in [0.1, 0.15) is 17.7 Å². The molecule has 0 radical (unpaired) electrons.